The Labute approximate surface area is 127 Å². The van der Waals surface area contributed by atoms with Crippen molar-refractivity contribution in [3.05, 3.63) is 60.3 Å². The minimum atomic E-state index is 0.201. The number of benzene rings is 1. The molecule has 0 saturated carbocycles. The zero-order valence-electron chi connectivity index (χ0n) is 13.1. The van der Waals surface area contributed by atoms with E-state index in [1.807, 2.05) is 19.2 Å². The van der Waals surface area contributed by atoms with E-state index in [-0.39, 0.29) is 6.04 Å². The molecule has 0 amide bonds. The summed E-state index contributed by atoms with van der Waals surface area (Å²) in [7, 11) is 1.91. The molecule has 112 valence electrons. The highest BCUT2D eigenvalue weighted by molar-refractivity contribution is 5.75. The Morgan fingerprint density at radius 1 is 1.52 bits per heavy atom. The van der Waals surface area contributed by atoms with Crippen molar-refractivity contribution in [2.75, 3.05) is 12.8 Å². The van der Waals surface area contributed by atoms with Crippen LogP contribution in [0.5, 0.6) is 0 Å². The number of hydrogen-bond donors (Lipinski definition) is 2. The first kappa shape index (κ1) is 15.2. The highest BCUT2D eigenvalue weighted by Gasteiger charge is 2.30. The lowest BCUT2D eigenvalue weighted by Gasteiger charge is -2.32. The van der Waals surface area contributed by atoms with E-state index in [0.717, 1.165) is 36.5 Å². The van der Waals surface area contributed by atoms with E-state index < -0.39 is 0 Å². The van der Waals surface area contributed by atoms with Crippen LogP contribution in [-0.4, -0.2) is 18.0 Å². The first-order chi connectivity index (χ1) is 9.99. The molecule has 2 rings (SSSR count). The lowest BCUT2D eigenvalue weighted by molar-refractivity contribution is 0.312. The fourth-order valence-corrected chi connectivity index (χ4v) is 2.96. The molecule has 0 spiro atoms. The summed E-state index contributed by atoms with van der Waals surface area (Å²) in [5.74, 6) is 0. The number of hydrogen-bond acceptors (Lipinski definition) is 3. The van der Waals surface area contributed by atoms with Crippen LogP contribution in [0.2, 0.25) is 0 Å². The van der Waals surface area contributed by atoms with Gasteiger partial charge in [0.05, 0.1) is 6.04 Å². The normalized spacial score (nSPS) is 14.8. The molecule has 3 heteroatoms. The molecule has 21 heavy (non-hydrogen) atoms. The Morgan fingerprint density at radius 3 is 2.86 bits per heavy atom. The van der Waals surface area contributed by atoms with Crippen molar-refractivity contribution in [2.45, 2.75) is 32.4 Å². The first-order valence-corrected chi connectivity index (χ1v) is 7.32. The Kier molecular flexibility index (Phi) is 4.41. The molecule has 0 aliphatic carbocycles. The van der Waals surface area contributed by atoms with Crippen molar-refractivity contribution in [1.82, 2.24) is 10.2 Å². The van der Waals surface area contributed by atoms with Crippen LogP contribution in [0.4, 0.5) is 5.69 Å². The fraction of sp³-hybridized carbons (Fsp3) is 0.333. The second-order valence-corrected chi connectivity index (χ2v) is 5.61. The number of nitrogens with one attached hydrogen (secondary N) is 1. The van der Waals surface area contributed by atoms with E-state index in [1.165, 1.54) is 16.7 Å². The molecule has 0 bridgehead atoms. The van der Waals surface area contributed by atoms with E-state index in [1.54, 1.807) is 0 Å². The van der Waals surface area contributed by atoms with Gasteiger partial charge in [0.2, 0.25) is 0 Å². The Morgan fingerprint density at radius 2 is 2.24 bits per heavy atom. The molecule has 1 aliphatic heterocycles. The zero-order chi connectivity index (χ0) is 15.6. The molecule has 1 heterocycles. The van der Waals surface area contributed by atoms with E-state index in [4.69, 9.17) is 5.73 Å². The average Bonchev–Trinajstić information content (AvgIpc) is 2.77. The van der Waals surface area contributed by atoms with Crippen molar-refractivity contribution in [1.29, 1.82) is 0 Å². The van der Waals surface area contributed by atoms with Crippen molar-refractivity contribution >= 4 is 11.4 Å². The molecule has 1 aliphatic rings. The van der Waals surface area contributed by atoms with Crippen LogP contribution in [0.15, 0.2) is 43.6 Å². The van der Waals surface area contributed by atoms with Crippen LogP contribution < -0.4 is 11.1 Å². The van der Waals surface area contributed by atoms with Gasteiger partial charge in [-0.3, -0.25) is 0 Å². The van der Waals surface area contributed by atoms with Crippen molar-refractivity contribution < 1.29 is 0 Å². The van der Waals surface area contributed by atoms with Crippen LogP contribution in [0.25, 0.3) is 5.70 Å². The summed E-state index contributed by atoms with van der Waals surface area (Å²) in [6, 6.07) is 4.40. The van der Waals surface area contributed by atoms with Crippen molar-refractivity contribution in [3.63, 3.8) is 0 Å². The van der Waals surface area contributed by atoms with Gasteiger partial charge in [-0.15, -0.1) is 6.58 Å². The molecule has 1 aromatic rings. The summed E-state index contributed by atoms with van der Waals surface area (Å²) >= 11 is 0. The molecule has 3 nitrogen and oxygen atoms in total. The van der Waals surface area contributed by atoms with Crippen molar-refractivity contribution in [2.24, 2.45) is 0 Å². The number of aryl methyl sites for hydroxylation is 1. The van der Waals surface area contributed by atoms with Crippen LogP contribution in [-0.2, 0) is 6.54 Å². The summed E-state index contributed by atoms with van der Waals surface area (Å²) < 4.78 is 0. The predicted octanol–water partition coefficient (Wildman–Crippen LogP) is 3.43. The minimum absolute atomic E-state index is 0.201. The standard InChI is InChI=1S/C18H25N3/c1-6-7-8-18(13(3)20-5)21-11-16-15(14(21)4)9-12(2)10-17(16)19/h6,9-10,18,20H,1,3-4,7-8,11,19H2,2,5H3. The van der Waals surface area contributed by atoms with Crippen LogP contribution in [0, 0.1) is 6.92 Å². The monoisotopic (exact) mass is 283 g/mol. The third-order valence-electron chi connectivity index (χ3n) is 4.16. The van der Waals surface area contributed by atoms with E-state index in [2.05, 4.69) is 42.9 Å². The zero-order valence-corrected chi connectivity index (χ0v) is 13.1. The number of nitrogens with zero attached hydrogens (tertiary/aromatic N) is 1. The topological polar surface area (TPSA) is 41.3 Å². The third kappa shape index (κ3) is 2.82. The largest absolute Gasteiger partial charge is 0.398 e. The second kappa shape index (κ2) is 6.08. The molecular weight excluding hydrogens is 258 g/mol. The van der Waals surface area contributed by atoms with Gasteiger partial charge in [-0.05, 0) is 37.5 Å². The molecule has 1 unspecified atom stereocenters. The van der Waals surface area contributed by atoms with E-state index >= 15 is 0 Å². The van der Waals surface area contributed by atoms with Gasteiger partial charge < -0.3 is 16.0 Å². The average molecular weight is 283 g/mol. The van der Waals surface area contributed by atoms with Gasteiger partial charge in [0, 0.05) is 41.8 Å². The van der Waals surface area contributed by atoms with Crippen LogP contribution in [0.3, 0.4) is 0 Å². The fourth-order valence-electron chi connectivity index (χ4n) is 2.96. The molecule has 0 saturated heterocycles. The lowest BCUT2D eigenvalue weighted by atomic mass is 10.0. The maximum atomic E-state index is 6.18. The minimum Gasteiger partial charge on any atom is -0.398 e. The number of likely N-dealkylation sites (N-methyl/N-ethyl adjacent to an activating group) is 1. The van der Waals surface area contributed by atoms with Gasteiger partial charge in [0.15, 0.2) is 0 Å². The van der Waals surface area contributed by atoms with Gasteiger partial charge in [0.1, 0.15) is 0 Å². The maximum Gasteiger partial charge on any atom is 0.0688 e. The highest BCUT2D eigenvalue weighted by atomic mass is 15.2. The van der Waals surface area contributed by atoms with E-state index in [0.29, 0.717) is 0 Å². The molecule has 1 atom stereocenters. The quantitative estimate of drug-likeness (QED) is 0.621. The van der Waals surface area contributed by atoms with Gasteiger partial charge >= 0.3 is 0 Å². The summed E-state index contributed by atoms with van der Waals surface area (Å²) in [6.07, 6.45) is 3.86. The maximum absolute atomic E-state index is 6.18. The number of rotatable bonds is 6. The molecular formula is C18H25N3. The Bertz CT molecular complexity index is 586. The summed E-state index contributed by atoms with van der Waals surface area (Å²) in [6.45, 7) is 15.1. The lowest BCUT2D eigenvalue weighted by Crippen LogP contribution is -2.35. The number of nitrogen functional groups attached to an aromatic ring is 1. The summed E-state index contributed by atoms with van der Waals surface area (Å²) in [5, 5.41) is 3.18. The predicted molar refractivity (Wildman–Crippen MR) is 91.6 cm³/mol. The molecule has 1 aromatic carbocycles. The Hall–Kier alpha value is -2.16. The van der Waals surface area contributed by atoms with Gasteiger partial charge in [-0.2, -0.15) is 0 Å². The Balaban J connectivity index is 2.33. The van der Waals surface area contributed by atoms with Crippen LogP contribution >= 0.6 is 0 Å². The molecule has 0 aromatic heterocycles. The summed E-state index contributed by atoms with van der Waals surface area (Å²) in [4.78, 5) is 2.29. The molecule has 0 fully saturated rings. The second-order valence-electron chi connectivity index (χ2n) is 5.61. The number of fused-ring (bicyclic) bond motifs is 1. The first-order valence-electron chi connectivity index (χ1n) is 7.32. The molecule has 0 radical (unpaired) electrons. The number of nitrogens with two attached hydrogens (primary N) is 1. The van der Waals surface area contributed by atoms with Gasteiger partial charge in [-0.1, -0.05) is 19.2 Å². The SMILES string of the molecule is C=CCCC(C(=C)NC)N1Cc2c(N)cc(C)cc2C1=C. The highest BCUT2D eigenvalue weighted by Crippen LogP contribution is 2.38. The third-order valence-corrected chi connectivity index (χ3v) is 4.16. The van der Waals surface area contributed by atoms with Gasteiger partial charge in [0.25, 0.3) is 0 Å². The number of anilines is 1. The van der Waals surface area contributed by atoms with Gasteiger partial charge in [-0.25, -0.2) is 0 Å². The number of allylic oxidation sites excluding steroid dienone is 1. The summed E-state index contributed by atoms with van der Waals surface area (Å²) in [5.41, 5.74) is 12.6. The smallest absolute Gasteiger partial charge is 0.0688 e. The van der Waals surface area contributed by atoms with Crippen LogP contribution in [0.1, 0.15) is 29.5 Å². The van der Waals surface area contributed by atoms with E-state index in [9.17, 15) is 0 Å². The molecule has 3 N–H and O–H groups in total. The van der Waals surface area contributed by atoms with Crippen molar-refractivity contribution in [3.8, 4) is 0 Å².